The highest BCUT2D eigenvalue weighted by Gasteiger charge is 2.25. The molecule has 21 heavy (non-hydrogen) atoms. The fraction of sp³-hybridized carbons (Fsp3) is 0.562. The molecule has 1 aliphatic heterocycles. The van der Waals surface area contributed by atoms with E-state index in [1.807, 2.05) is 19.2 Å². The van der Waals surface area contributed by atoms with E-state index in [4.69, 9.17) is 9.84 Å². The number of aromatic nitrogens is 2. The molecule has 5 nitrogen and oxygen atoms in total. The predicted molar refractivity (Wildman–Crippen MR) is 83.9 cm³/mol. The average molecular weight is 289 g/mol. The van der Waals surface area contributed by atoms with Gasteiger partial charge in [0.15, 0.2) is 0 Å². The van der Waals surface area contributed by atoms with Gasteiger partial charge in [0.1, 0.15) is 6.10 Å². The molecule has 3 rings (SSSR count). The molecule has 0 saturated carbocycles. The number of aliphatic hydroxyl groups is 1. The van der Waals surface area contributed by atoms with Gasteiger partial charge in [0.25, 0.3) is 6.01 Å². The Hall–Kier alpha value is -1.75. The molecule has 0 radical (unpaired) electrons. The lowest BCUT2D eigenvalue weighted by atomic mass is 10.1. The summed E-state index contributed by atoms with van der Waals surface area (Å²) in [6.07, 6.45) is 5.61. The van der Waals surface area contributed by atoms with Crippen molar-refractivity contribution in [2.24, 2.45) is 0 Å². The third-order valence-electron chi connectivity index (χ3n) is 4.09. The lowest BCUT2D eigenvalue weighted by molar-refractivity contribution is 0.208. The molecule has 5 heteroatoms. The molecule has 114 valence electrons. The summed E-state index contributed by atoms with van der Waals surface area (Å²) in [5.74, 6) is 0. The monoisotopic (exact) mass is 289 g/mol. The van der Waals surface area contributed by atoms with Gasteiger partial charge in [0.05, 0.1) is 17.6 Å². The molecule has 0 spiro atoms. The molecule has 2 aromatic rings. The minimum Gasteiger partial charge on any atom is -0.459 e. The van der Waals surface area contributed by atoms with Crippen LogP contribution >= 0.6 is 0 Å². The van der Waals surface area contributed by atoms with Crippen LogP contribution in [0.1, 0.15) is 32.1 Å². The van der Waals surface area contributed by atoms with E-state index in [1.54, 1.807) is 0 Å². The number of ether oxygens (including phenoxy) is 1. The summed E-state index contributed by atoms with van der Waals surface area (Å²) < 4.78 is 8.13. The van der Waals surface area contributed by atoms with Gasteiger partial charge in [-0.25, -0.2) is 0 Å². The number of rotatable bonds is 7. The Labute approximate surface area is 124 Å². The smallest absolute Gasteiger partial charge is 0.297 e. The molecule has 1 atom stereocenters. The maximum Gasteiger partial charge on any atom is 0.297 e. The summed E-state index contributed by atoms with van der Waals surface area (Å²) in [5.41, 5.74) is 3.22. The van der Waals surface area contributed by atoms with Crippen LogP contribution in [0.4, 0.5) is 5.69 Å². The fourth-order valence-electron chi connectivity index (χ4n) is 2.90. The summed E-state index contributed by atoms with van der Waals surface area (Å²) in [7, 11) is 1.92. The summed E-state index contributed by atoms with van der Waals surface area (Å²) >= 11 is 0. The summed E-state index contributed by atoms with van der Waals surface area (Å²) in [4.78, 5) is 4.56. The lowest BCUT2D eigenvalue weighted by Gasteiger charge is -2.09. The topological polar surface area (TPSA) is 59.3 Å². The first kappa shape index (κ1) is 14.2. The first-order valence-electron chi connectivity index (χ1n) is 7.77. The third kappa shape index (κ3) is 2.97. The van der Waals surface area contributed by atoms with Gasteiger partial charge >= 0.3 is 0 Å². The van der Waals surface area contributed by atoms with Crippen LogP contribution in [0, 0.1) is 0 Å². The zero-order valence-corrected chi connectivity index (χ0v) is 12.5. The zero-order chi connectivity index (χ0) is 14.7. The van der Waals surface area contributed by atoms with Crippen molar-refractivity contribution in [1.82, 2.24) is 9.55 Å². The molecule has 2 N–H and O–H groups in total. The second-order valence-corrected chi connectivity index (χ2v) is 5.62. The Balaban J connectivity index is 1.62. The van der Waals surface area contributed by atoms with Crippen LogP contribution < -0.4 is 10.1 Å². The van der Waals surface area contributed by atoms with E-state index in [9.17, 15) is 0 Å². The minimum atomic E-state index is 0.240. The molecule has 0 fully saturated rings. The van der Waals surface area contributed by atoms with Crippen LogP contribution in [0.2, 0.25) is 0 Å². The van der Waals surface area contributed by atoms with Gasteiger partial charge in [0.2, 0.25) is 0 Å². The second-order valence-electron chi connectivity index (χ2n) is 5.62. The molecule has 1 aliphatic rings. The first-order chi connectivity index (χ1) is 10.3. The Kier molecular flexibility index (Phi) is 4.29. The van der Waals surface area contributed by atoms with Crippen molar-refractivity contribution in [2.75, 3.05) is 19.0 Å². The van der Waals surface area contributed by atoms with E-state index >= 15 is 0 Å². The fourth-order valence-corrected chi connectivity index (χ4v) is 2.90. The number of fused-ring (bicyclic) bond motifs is 3. The predicted octanol–water partition coefficient (Wildman–Crippen LogP) is 2.78. The van der Waals surface area contributed by atoms with Gasteiger partial charge in [-0.2, -0.15) is 4.98 Å². The van der Waals surface area contributed by atoms with E-state index in [-0.39, 0.29) is 6.10 Å². The summed E-state index contributed by atoms with van der Waals surface area (Å²) in [6, 6.07) is 6.93. The van der Waals surface area contributed by atoms with Crippen molar-refractivity contribution in [3.8, 4) is 6.01 Å². The minimum absolute atomic E-state index is 0.240. The molecule has 1 aromatic heterocycles. The van der Waals surface area contributed by atoms with Gasteiger partial charge in [-0.15, -0.1) is 0 Å². The Morgan fingerprint density at radius 3 is 3.00 bits per heavy atom. The van der Waals surface area contributed by atoms with Crippen LogP contribution in [0.5, 0.6) is 6.01 Å². The van der Waals surface area contributed by atoms with Crippen molar-refractivity contribution in [3.63, 3.8) is 0 Å². The maximum atomic E-state index is 8.77. The molecule has 0 aliphatic carbocycles. The zero-order valence-electron chi connectivity index (χ0n) is 12.5. The van der Waals surface area contributed by atoms with Crippen molar-refractivity contribution in [2.45, 2.75) is 44.8 Å². The Morgan fingerprint density at radius 1 is 1.33 bits per heavy atom. The van der Waals surface area contributed by atoms with Gasteiger partial charge in [-0.3, -0.25) is 4.57 Å². The molecular weight excluding hydrogens is 266 g/mol. The number of anilines is 1. The number of benzene rings is 1. The molecule has 0 bridgehead atoms. The van der Waals surface area contributed by atoms with Gasteiger partial charge in [-0.1, -0.05) is 12.8 Å². The SMILES string of the molecule is CNc1ccc2nc3n(c2c1)CC(CCCCCCO)O3. The highest BCUT2D eigenvalue weighted by atomic mass is 16.5. The Morgan fingerprint density at radius 2 is 2.19 bits per heavy atom. The average Bonchev–Trinajstić information content (AvgIpc) is 3.03. The number of aliphatic hydroxyl groups excluding tert-OH is 1. The Bertz CT molecular complexity index is 609. The normalized spacial score (nSPS) is 17.0. The molecular formula is C16H23N3O2. The van der Waals surface area contributed by atoms with Gasteiger partial charge in [-0.05, 0) is 37.5 Å². The first-order valence-corrected chi connectivity index (χ1v) is 7.77. The van der Waals surface area contributed by atoms with Crippen molar-refractivity contribution in [1.29, 1.82) is 0 Å². The number of imidazole rings is 1. The molecule has 0 amide bonds. The van der Waals surface area contributed by atoms with E-state index in [0.717, 1.165) is 61.4 Å². The molecule has 2 heterocycles. The number of hydrogen-bond donors (Lipinski definition) is 2. The number of nitrogens with zero attached hydrogens (tertiary/aromatic N) is 2. The van der Waals surface area contributed by atoms with E-state index in [2.05, 4.69) is 20.9 Å². The standard InChI is InChI=1S/C16H23N3O2/c1-17-12-7-8-14-15(10-12)19-11-13(21-16(19)18-14)6-4-2-3-5-9-20/h7-8,10,13,17,20H,2-6,9,11H2,1H3. The highest BCUT2D eigenvalue weighted by molar-refractivity contribution is 5.81. The quantitative estimate of drug-likeness (QED) is 0.770. The van der Waals surface area contributed by atoms with Crippen LogP contribution in [0.15, 0.2) is 18.2 Å². The van der Waals surface area contributed by atoms with E-state index < -0.39 is 0 Å². The van der Waals surface area contributed by atoms with E-state index in [0.29, 0.717) is 6.61 Å². The number of nitrogens with one attached hydrogen (secondary N) is 1. The second kappa shape index (κ2) is 6.35. The van der Waals surface area contributed by atoms with E-state index in [1.165, 1.54) is 0 Å². The van der Waals surface area contributed by atoms with Crippen LogP contribution in [-0.4, -0.2) is 34.4 Å². The summed E-state index contributed by atoms with van der Waals surface area (Å²) in [6.45, 7) is 1.19. The number of unbranched alkanes of at least 4 members (excludes halogenated alkanes) is 3. The van der Waals surface area contributed by atoms with Crippen molar-refractivity contribution < 1.29 is 9.84 Å². The van der Waals surface area contributed by atoms with Crippen LogP contribution in [0.25, 0.3) is 11.0 Å². The molecule has 1 aromatic carbocycles. The van der Waals surface area contributed by atoms with Crippen molar-refractivity contribution in [3.05, 3.63) is 18.2 Å². The largest absolute Gasteiger partial charge is 0.459 e. The summed E-state index contributed by atoms with van der Waals surface area (Å²) in [5, 5.41) is 11.9. The van der Waals surface area contributed by atoms with Gasteiger partial charge in [0, 0.05) is 19.3 Å². The molecule has 0 saturated heterocycles. The highest BCUT2D eigenvalue weighted by Crippen LogP contribution is 2.30. The van der Waals surface area contributed by atoms with Crippen molar-refractivity contribution >= 4 is 16.7 Å². The van der Waals surface area contributed by atoms with Gasteiger partial charge < -0.3 is 15.2 Å². The van der Waals surface area contributed by atoms with Crippen LogP contribution in [-0.2, 0) is 6.54 Å². The lowest BCUT2D eigenvalue weighted by Crippen LogP contribution is -2.14. The number of hydrogen-bond acceptors (Lipinski definition) is 4. The maximum absolute atomic E-state index is 8.77. The van der Waals surface area contributed by atoms with Crippen LogP contribution in [0.3, 0.4) is 0 Å². The molecule has 1 unspecified atom stereocenters. The third-order valence-corrected chi connectivity index (χ3v) is 4.09.